The molecule has 3 rings (SSSR count). The zero-order chi connectivity index (χ0) is 18.5. The molecule has 2 N–H and O–H groups in total. The van der Waals surface area contributed by atoms with Gasteiger partial charge in [0.1, 0.15) is 5.75 Å². The third-order valence-electron chi connectivity index (χ3n) is 4.60. The number of nitrogens with one attached hydrogen (secondary N) is 2. The Morgan fingerprint density at radius 1 is 1.31 bits per heavy atom. The molecule has 8 nitrogen and oxygen atoms in total. The maximum Gasteiger partial charge on any atom is 0.319 e. The second-order valence-electron chi connectivity index (χ2n) is 6.53. The van der Waals surface area contributed by atoms with Gasteiger partial charge >= 0.3 is 6.03 Å². The maximum atomic E-state index is 12.1. The van der Waals surface area contributed by atoms with E-state index in [0.29, 0.717) is 23.7 Å². The van der Waals surface area contributed by atoms with Crippen molar-refractivity contribution in [3.05, 3.63) is 18.2 Å². The van der Waals surface area contributed by atoms with E-state index in [9.17, 15) is 9.59 Å². The van der Waals surface area contributed by atoms with Gasteiger partial charge in [0, 0.05) is 32.4 Å². The summed E-state index contributed by atoms with van der Waals surface area (Å²) in [6.07, 6.45) is 0.390. The minimum Gasteiger partial charge on any atom is -0.479 e. The third-order valence-corrected chi connectivity index (χ3v) is 4.60. The van der Waals surface area contributed by atoms with Gasteiger partial charge in [0.05, 0.1) is 18.9 Å². The predicted octanol–water partition coefficient (Wildman–Crippen LogP) is 1.27. The number of urea groups is 1. The van der Waals surface area contributed by atoms with E-state index in [-0.39, 0.29) is 11.9 Å². The molecule has 1 saturated heterocycles. The lowest BCUT2D eigenvalue weighted by atomic mass is 10.2. The van der Waals surface area contributed by atoms with Gasteiger partial charge in [0.2, 0.25) is 0 Å². The standard InChI is InChI=1S/C18H26N4O4/c1-13-17(23)21(2)15-12-14(4-5-16(15)26-13)20-18(24)19-6-3-7-22-8-10-25-11-9-22/h4-5,12-13H,3,6-11H2,1-2H3,(H2,19,20,24)/t13-/m0/s1. The van der Waals surface area contributed by atoms with Crippen molar-refractivity contribution in [3.63, 3.8) is 0 Å². The summed E-state index contributed by atoms with van der Waals surface area (Å²) in [6, 6.07) is 5.02. The molecular weight excluding hydrogens is 336 g/mol. The minimum atomic E-state index is -0.499. The van der Waals surface area contributed by atoms with Crippen LogP contribution in [0.1, 0.15) is 13.3 Å². The number of hydrogen-bond acceptors (Lipinski definition) is 5. The molecule has 0 spiro atoms. The minimum absolute atomic E-state index is 0.109. The van der Waals surface area contributed by atoms with Gasteiger partial charge in [0.25, 0.3) is 5.91 Å². The van der Waals surface area contributed by atoms with Crippen molar-refractivity contribution in [3.8, 4) is 5.75 Å². The normalized spacial score (nSPS) is 20.3. The molecule has 2 aliphatic rings. The second-order valence-corrected chi connectivity index (χ2v) is 6.53. The Bertz CT molecular complexity index is 661. The van der Waals surface area contributed by atoms with Crippen molar-refractivity contribution in [2.75, 3.05) is 56.7 Å². The lowest BCUT2D eigenvalue weighted by molar-refractivity contribution is -0.125. The number of likely N-dealkylation sites (N-methyl/N-ethyl adjacent to an activating group) is 1. The molecule has 0 aromatic heterocycles. The lowest BCUT2D eigenvalue weighted by Crippen LogP contribution is -2.42. The number of rotatable bonds is 5. The third kappa shape index (κ3) is 4.44. The molecule has 0 aliphatic carbocycles. The van der Waals surface area contributed by atoms with Gasteiger partial charge in [-0.25, -0.2) is 4.79 Å². The molecule has 1 fully saturated rings. The maximum absolute atomic E-state index is 12.1. The van der Waals surface area contributed by atoms with Gasteiger partial charge in [-0.1, -0.05) is 0 Å². The van der Waals surface area contributed by atoms with E-state index in [1.165, 1.54) is 0 Å². The first-order valence-corrected chi connectivity index (χ1v) is 8.98. The number of ether oxygens (including phenoxy) is 2. The van der Waals surface area contributed by atoms with Crippen molar-refractivity contribution in [2.45, 2.75) is 19.4 Å². The van der Waals surface area contributed by atoms with Gasteiger partial charge in [-0.15, -0.1) is 0 Å². The van der Waals surface area contributed by atoms with E-state index in [4.69, 9.17) is 9.47 Å². The average molecular weight is 362 g/mol. The summed E-state index contributed by atoms with van der Waals surface area (Å²) in [4.78, 5) is 28.0. The highest BCUT2D eigenvalue weighted by Crippen LogP contribution is 2.35. The molecule has 2 heterocycles. The fourth-order valence-corrected chi connectivity index (χ4v) is 3.09. The summed E-state index contributed by atoms with van der Waals surface area (Å²) in [5, 5.41) is 5.66. The van der Waals surface area contributed by atoms with E-state index < -0.39 is 6.10 Å². The first kappa shape index (κ1) is 18.5. The Labute approximate surface area is 153 Å². The second kappa shape index (κ2) is 8.37. The Kier molecular flexibility index (Phi) is 5.95. The predicted molar refractivity (Wildman–Crippen MR) is 98.8 cm³/mol. The van der Waals surface area contributed by atoms with Gasteiger partial charge in [0.15, 0.2) is 6.10 Å². The molecule has 8 heteroatoms. The molecule has 0 unspecified atom stereocenters. The molecule has 0 saturated carbocycles. The highest BCUT2D eigenvalue weighted by molar-refractivity contribution is 6.00. The van der Waals surface area contributed by atoms with Crippen LogP contribution >= 0.6 is 0 Å². The largest absolute Gasteiger partial charge is 0.479 e. The Morgan fingerprint density at radius 3 is 2.85 bits per heavy atom. The van der Waals surface area contributed by atoms with Crippen molar-refractivity contribution in [2.24, 2.45) is 0 Å². The molecule has 1 aromatic carbocycles. The number of amides is 3. The van der Waals surface area contributed by atoms with E-state index in [1.807, 2.05) is 0 Å². The highest BCUT2D eigenvalue weighted by Gasteiger charge is 2.29. The van der Waals surface area contributed by atoms with Gasteiger partial charge in [-0.2, -0.15) is 0 Å². The van der Waals surface area contributed by atoms with Crippen molar-refractivity contribution in [1.29, 1.82) is 0 Å². The SMILES string of the molecule is C[C@@H]1Oc2ccc(NC(=O)NCCCN3CCOCC3)cc2N(C)C1=O. The van der Waals surface area contributed by atoms with Crippen LogP contribution < -0.4 is 20.3 Å². The first-order valence-electron chi connectivity index (χ1n) is 8.98. The lowest BCUT2D eigenvalue weighted by Gasteiger charge is -2.30. The van der Waals surface area contributed by atoms with Crippen molar-refractivity contribution >= 4 is 23.3 Å². The quantitative estimate of drug-likeness (QED) is 0.771. The summed E-state index contributed by atoms with van der Waals surface area (Å²) >= 11 is 0. The Morgan fingerprint density at radius 2 is 2.08 bits per heavy atom. The van der Waals surface area contributed by atoms with Gasteiger partial charge in [-0.05, 0) is 38.1 Å². The topological polar surface area (TPSA) is 83.1 Å². The fraction of sp³-hybridized carbons (Fsp3) is 0.556. The fourth-order valence-electron chi connectivity index (χ4n) is 3.09. The average Bonchev–Trinajstić information content (AvgIpc) is 2.65. The zero-order valence-electron chi connectivity index (χ0n) is 15.3. The summed E-state index contributed by atoms with van der Waals surface area (Å²) in [6.45, 7) is 6.75. The van der Waals surface area contributed by atoms with E-state index in [0.717, 1.165) is 39.3 Å². The van der Waals surface area contributed by atoms with E-state index in [2.05, 4.69) is 15.5 Å². The monoisotopic (exact) mass is 362 g/mol. The Hall–Kier alpha value is -2.32. The summed E-state index contributed by atoms with van der Waals surface area (Å²) in [5.74, 6) is 0.526. The molecule has 142 valence electrons. The van der Waals surface area contributed by atoms with Gasteiger partial charge < -0.3 is 25.0 Å². The molecule has 0 bridgehead atoms. The number of fused-ring (bicyclic) bond motifs is 1. The summed E-state index contributed by atoms with van der Waals surface area (Å²) in [5.41, 5.74) is 1.27. The van der Waals surface area contributed by atoms with Crippen LogP contribution in [-0.2, 0) is 9.53 Å². The van der Waals surface area contributed by atoms with Crippen LogP contribution in [0.3, 0.4) is 0 Å². The molecule has 0 radical (unpaired) electrons. The molecule has 3 amide bonds. The summed E-state index contributed by atoms with van der Waals surface area (Å²) < 4.78 is 10.9. The molecule has 26 heavy (non-hydrogen) atoms. The number of carbonyl (C=O) groups is 2. The van der Waals surface area contributed by atoms with Crippen molar-refractivity contribution in [1.82, 2.24) is 10.2 Å². The Balaban J connectivity index is 1.46. The molecular formula is C18H26N4O4. The van der Waals surface area contributed by atoms with Gasteiger partial charge in [-0.3, -0.25) is 9.69 Å². The molecule has 1 atom stereocenters. The molecule has 2 aliphatic heterocycles. The molecule has 1 aromatic rings. The van der Waals surface area contributed by atoms with Crippen LogP contribution in [0.15, 0.2) is 18.2 Å². The summed E-state index contributed by atoms with van der Waals surface area (Å²) in [7, 11) is 1.70. The number of nitrogens with zero attached hydrogens (tertiary/aromatic N) is 2. The van der Waals surface area contributed by atoms with Crippen LogP contribution in [0.5, 0.6) is 5.75 Å². The number of benzene rings is 1. The highest BCUT2D eigenvalue weighted by atomic mass is 16.5. The van der Waals surface area contributed by atoms with E-state index >= 15 is 0 Å². The van der Waals surface area contributed by atoms with Crippen LogP contribution in [0.4, 0.5) is 16.2 Å². The number of anilines is 2. The van der Waals surface area contributed by atoms with E-state index in [1.54, 1.807) is 37.1 Å². The van der Waals surface area contributed by atoms with Crippen LogP contribution in [-0.4, -0.2) is 69.4 Å². The number of hydrogen-bond donors (Lipinski definition) is 2. The van der Waals surface area contributed by atoms with Crippen LogP contribution in [0.25, 0.3) is 0 Å². The zero-order valence-corrected chi connectivity index (χ0v) is 15.3. The van der Waals surface area contributed by atoms with Crippen LogP contribution in [0, 0.1) is 0 Å². The number of carbonyl (C=O) groups excluding carboxylic acids is 2. The number of morpholine rings is 1. The first-order chi connectivity index (χ1) is 12.5. The van der Waals surface area contributed by atoms with Crippen molar-refractivity contribution < 1.29 is 19.1 Å². The smallest absolute Gasteiger partial charge is 0.319 e. The van der Waals surface area contributed by atoms with Crippen LogP contribution in [0.2, 0.25) is 0 Å².